The van der Waals surface area contributed by atoms with Gasteiger partial charge in [-0.3, -0.25) is 0 Å². The van der Waals surface area contributed by atoms with Gasteiger partial charge in [0, 0.05) is 0 Å². The first-order valence-electron chi connectivity index (χ1n) is 9.27. The van der Waals surface area contributed by atoms with Crippen LogP contribution in [0.15, 0.2) is 46.2 Å². The molecular formula is C21H26N2O4S2. The summed E-state index contributed by atoms with van der Waals surface area (Å²) in [6.07, 6.45) is 0. The Morgan fingerprint density at radius 1 is 0.759 bits per heavy atom. The first-order chi connectivity index (χ1) is 13.3. The molecule has 0 aromatic heterocycles. The van der Waals surface area contributed by atoms with Crippen molar-refractivity contribution in [3.05, 3.63) is 64.2 Å². The van der Waals surface area contributed by atoms with Gasteiger partial charge in [0.05, 0.1) is 9.79 Å². The highest BCUT2D eigenvalue weighted by atomic mass is 32.3. The molecule has 0 aliphatic heterocycles. The van der Waals surface area contributed by atoms with Crippen molar-refractivity contribution in [1.29, 1.82) is 0 Å². The van der Waals surface area contributed by atoms with Crippen LogP contribution in [0.3, 0.4) is 0 Å². The lowest BCUT2D eigenvalue weighted by Crippen LogP contribution is -2.27. The first kappa shape index (κ1) is 23.0. The van der Waals surface area contributed by atoms with Crippen molar-refractivity contribution in [2.45, 2.75) is 63.2 Å². The molecule has 2 aromatic carbocycles. The van der Waals surface area contributed by atoms with Gasteiger partial charge in [0.2, 0.25) is 0 Å². The minimum absolute atomic E-state index is 0.0423. The van der Waals surface area contributed by atoms with Crippen molar-refractivity contribution < 1.29 is 21.6 Å². The van der Waals surface area contributed by atoms with E-state index in [1.54, 1.807) is 38.1 Å². The van der Waals surface area contributed by atoms with E-state index in [4.69, 9.17) is 0 Å². The summed E-state index contributed by atoms with van der Waals surface area (Å²) in [6, 6.07) is 9.70. The van der Waals surface area contributed by atoms with Crippen LogP contribution in [0.2, 0.25) is 0 Å². The normalized spacial score (nSPS) is 12.3. The minimum atomic E-state index is -4.58. The Balaban J connectivity index is 2.75. The average molecular weight is 435 g/mol. The predicted molar refractivity (Wildman–Crippen MR) is 114 cm³/mol. The van der Waals surface area contributed by atoms with E-state index in [-0.39, 0.29) is 21.6 Å². The Hall–Kier alpha value is -2.28. The maximum absolute atomic E-state index is 13.2. The second-order valence-electron chi connectivity index (χ2n) is 7.73. The van der Waals surface area contributed by atoms with Crippen molar-refractivity contribution in [3.63, 3.8) is 0 Å². The zero-order valence-corrected chi connectivity index (χ0v) is 19.1. The molecule has 0 aliphatic rings. The third-order valence-electron chi connectivity index (χ3n) is 4.88. The molecule has 0 saturated carbocycles. The topological polar surface area (TPSA) is 105 Å². The molecule has 0 radical (unpaired) electrons. The molecule has 0 fully saturated rings. The summed E-state index contributed by atoms with van der Waals surface area (Å²) in [7, 11) is -9.16. The fraction of sp³-hybridized carbons (Fsp3) is 0.381. The fourth-order valence-corrected chi connectivity index (χ4v) is 6.82. The summed E-state index contributed by atoms with van der Waals surface area (Å²) >= 11 is 0. The molecule has 0 heterocycles. The van der Waals surface area contributed by atoms with Crippen molar-refractivity contribution in [2.75, 3.05) is 0 Å². The second-order valence-corrected chi connectivity index (χ2v) is 11.7. The molecule has 8 heteroatoms. The van der Waals surface area contributed by atoms with Gasteiger partial charge in [0.25, 0.3) is 19.7 Å². The number of sulfone groups is 2. The lowest BCUT2D eigenvalue weighted by Gasteiger charge is -2.12. The van der Waals surface area contributed by atoms with E-state index in [2.05, 4.69) is 4.79 Å². The van der Waals surface area contributed by atoms with Gasteiger partial charge in [-0.15, -0.1) is 4.79 Å². The zero-order chi connectivity index (χ0) is 22.1. The van der Waals surface area contributed by atoms with E-state index in [1.807, 2.05) is 27.7 Å². The van der Waals surface area contributed by atoms with E-state index < -0.39 is 24.1 Å². The molecule has 0 saturated heterocycles. The maximum atomic E-state index is 13.2. The third-order valence-corrected chi connectivity index (χ3v) is 9.32. The minimum Gasteiger partial charge on any atom is -0.359 e. The third kappa shape index (κ3) is 4.34. The van der Waals surface area contributed by atoms with Gasteiger partial charge in [-0.05, 0) is 60.1 Å². The molecule has 0 N–H and O–H groups in total. The highest BCUT2D eigenvalue weighted by molar-refractivity contribution is 8.31. The number of aryl methyl sites for hydroxylation is 2. The molecule has 0 aliphatic carbocycles. The first-order valence-corrected chi connectivity index (χ1v) is 12.2. The van der Waals surface area contributed by atoms with Crippen LogP contribution < -0.4 is 0 Å². The second kappa shape index (κ2) is 8.22. The van der Waals surface area contributed by atoms with Crippen molar-refractivity contribution >= 4 is 24.1 Å². The molecular weight excluding hydrogens is 408 g/mol. The van der Waals surface area contributed by atoms with Gasteiger partial charge in [0.1, 0.15) is 0 Å². The van der Waals surface area contributed by atoms with Gasteiger partial charge in [-0.1, -0.05) is 52.0 Å². The molecule has 156 valence electrons. The number of hydrogen-bond acceptors (Lipinski definition) is 4. The Bertz CT molecular complexity index is 1120. The largest absolute Gasteiger partial charge is 0.504 e. The summed E-state index contributed by atoms with van der Waals surface area (Å²) in [6.45, 7) is 10.8. The predicted octanol–water partition coefficient (Wildman–Crippen LogP) is 4.38. The van der Waals surface area contributed by atoms with Gasteiger partial charge in [-0.25, -0.2) is 16.8 Å². The molecule has 2 aromatic rings. The Morgan fingerprint density at radius 2 is 1.10 bits per heavy atom. The monoisotopic (exact) mass is 434 g/mol. The SMILES string of the molecule is Cc1ccc(C(C)C)cc1S(=O)(=O)C(=[N+]=[N-])S(=O)(=O)c1cc(C(C)C)ccc1C. The molecule has 2 rings (SSSR count). The van der Waals surface area contributed by atoms with Crippen LogP contribution in [-0.4, -0.2) is 26.0 Å². The van der Waals surface area contributed by atoms with Crippen LogP contribution in [0.25, 0.3) is 5.53 Å². The maximum Gasteiger partial charge on any atom is 0.504 e. The van der Waals surface area contributed by atoms with Gasteiger partial charge >= 0.3 is 4.38 Å². The van der Waals surface area contributed by atoms with Crippen molar-refractivity contribution in [1.82, 2.24) is 0 Å². The Kier molecular flexibility index (Phi) is 6.52. The van der Waals surface area contributed by atoms with Crippen LogP contribution in [0, 0.1) is 13.8 Å². The van der Waals surface area contributed by atoms with Crippen molar-refractivity contribution in [3.8, 4) is 0 Å². The highest BCUT2D eigenvalue weighted by Gasteiger charge is 2.45. The van der Waals surface area contributed by atoms with Gasteiger partial charge in [0.15, 0.2) is 0 Å². The number of hydrogen-bond donors (Lipinski definition) is 0. The Morgan fingerprint density at radius 3 is 1.38 bits per heavy atom. The summed E-state index contributed by atoms with van der Waals surface area (Å²) in [4.78, 5) is 2.39. The smallest absolute Gasteiger partial charge is 0.359 e. The van der Waals surface area contributed by atoms with Gasteiger partial charge < -0.3 is 5.53 Å². The van der Waals surface area contributed by atoms with E-state index in [0.29, 0.717) is 11.1 Å². The van der Waals surface area contributed by atoms with Crippen LogP contribution >= 0.6 is 0 Å². The molecule has 29 heavy (non-hydrogen) atoms. The quantitative estimate of drug-likeness (QED) is 0.308. The van der Waals surface area contributed by atoms with E-state index in [9.17, 15) is 22.4 Å². The molecule has 0 spiro atoms. The standard InChI is InChI=1S/C21H26N2O4S2/c1-13(2)17-9-7-15(5)19(11-17)28(24,25)21(23-22)29(26,27)20-12-18(14(3)4)10-8-16(20)6/h7-14H,1-6H3. The zero-order valence-electron chi connectivity index (χ0n) is 17.5. The number of nitrogens with zero attached hydrogens (tertiary/aromatic N) is 2. The lowest BCUT2D eigenvalue weighted by molar-refractivity contribution is 0.00379. The van der Waals surface area contributed by atoms with E-state index >= 15 is 0 Å². The number of benzene rings is 2. The number of rotatable bonds is 4. The van der Waals surface area contributed by atoms with Crippen molar-refractivity contribution in [2.24, 2.45) is 0 Å². The molecule has 0 bridgehead atoms. The van der Waals surface area contributed by atoms with E-state index in [1.165, 1.54) is 12.1 Å². The summed E-state index contributed by atoms with van der Waals surface area (Å²) in [5, 5.41) is 0. The Labute approximate surface area is 173 Å². The van der Waals surface area contributed by atoms with Gasteiger partial charge in [-0.2, -0.15) is 0 Å². The van der Waals surface area contributed by atoms with Crippen LogP contribution in [0.1, 0.15) is 61.8 Å². The molecule has 6 nitrogen and oxygen atoms in total. The fourth-order valence-electron chi connectivity index (χ4n) is 2.97. The molecule has 0 unspecified atom stereocenters. The average Bonchev–Trinajstić information content (AvgIpc) is 2.61. The highest BCUT2D eigenvalue weighted by Crippen LogP contribution is 2.29. The summed E-state index contributed by atoms with van der Waals surface area (Å²) in [5.74, 6) is 0.0845. The van der Waals surface area contributed by atoms with Crippen LogP contribution in [-0.2, 0) is 19.7 Å². The van der Waals surface area contributed by atoms with E-state index in [0.717, 1.165) is 11.1 Å². The lowest BCUT2D eigenvalue weighted by atomic mass is 10.0. The van der Waals surface area contributed by atoms with Crippen LogP contribution in [0.4, 0.5) is 0 Å². The summed E-state index contributed by atoms with van der Waals surface area (Å²) in [5.41, 5.74) is 11.7. The molecule has 0 amide bonds. The molecule has 0 atom stereocenters. The summed E-state index contributed by atoms with van der Waals surface area (Å²) < 4.78 is 51.7. The van der Waals surface area contributed by atoms with Crippen LogP contribution in [0.5, 0.6) is 0 Å².